The number of hydrogen-bond acceptors (Lipinski definition) is 6. The van der Waals surface area contributed by atoms with Crippen LogP contribution in [0.4, 0.5) is 0 Å². The van der Waals surface area contributed by atoms with Crippen molar-refractivity contribution in [2.45, 2.75) is 72.1 Å². The Labute approximate surface area is 275 Å². The lowest BCUT2D eigenvalue weighted by atomic mass is 10.0. The molecule has 3 aromatic carbocycles. The first-order valence-corrected chi connectivity index (χ1v) is 15.8. The number of carbonyl (C=O) groups is 3. The Hall–Kier alpha value is -4.47. The molecule has 10 heteroatoms. The summed E-state index contributed by atoms with van der Waals surface area (Å²) in [5.74, 6) is 0.316. The molecule has 0 spiro atoms. The largest absolute Gasteiger partial charge is 0.489 e. The summed E-state index contributed by atoms with van der Waals surface area (Å²) in [5, 5.41) is 12.9. The van der Waals surface area contributed by atoms with Crippen LogP contribution in [0.25, 0.3) is 11.3 Å². The van der Waals surface area contributed by atoms with Gasteiger partial charge in [0.2, 0.25) is 5.91 Å². The first-order valence-electron chi connectivity index (χ1n) is 15.4. The smallest absolute Gasteiger partial charge is 0.251 e. The van der Waals surface area contributed by atoms with Crippen LogP contribution >= 0.6 is 11.6 Å². The zero-order valence-electron chi connectivity index (χ0n) is 26.8. The normalized spacial score (nSPS) is 11.4. The molecular weight excluding hydrogens is 604 g/mol. The van der Waals surface area contributed by atoms with Gasteiger partial charge in [-0.2, -0.15) is 0 Å². The molecule has 0 aliphatic rings. The number of ether oxygens (including phenoxy) is 1. The SMILES string of the molecule is CCCCn1cc(-c2ccc(CC(CCO)NC(=O)c3ccc(OC(C)C)c(Cl)c3)cc2)nc1C(C)=O.NC(=O)c1ccccc1. The van der Waals surface area contributed by atoms with Crippen LogP contribution in [0.1, 0.15) is 83.9 Å². The molecule has 46 heavy (non-hydrogen) atoms. The number of primary amides is 1. The molecule has 2 amide bonds. The molecule has 1 unspecified atom stereocenters. The van der Waals surface area contributed by atoms with E-state index < -0.39 is 0 Å². The zero-order valence-corrected chi connectivity index (χ0v) is 27.6. The number of nitrogens with one attached hydrogen (secondary N) is 1. The van der Waals surface area contributed by atoms with Crippen LogP contribution in [0.5, 0.6) is 5.75 Å². The van der Waals surface area contributed by atoms with Crippen molar-refractivity contribution in [3.05, 3.63) is 107 Å². The molecule has 4 rings (SSSR count). The average molecular weight is 647 g/mol. The lowest BCUT2D eigenvalue weighted by Gasteiger charge is -2.19. The molecule has 1 heterocycles. The van der Waals surface area contributed by atoms with E-state index in [1.54, 1.807) is 42.5 Å². The number of benzene rings is 3. The average Bonchev–Trinajstić information content (AvgIpc) is 3.46. The van der Waals surface area contributed by atoms with Crippen molar-refractivity contribution in [3.8, 4) is 17.0 Å². The molecule has 1 aromatic heterocycles. The second kappa shape index (κ2) is 17.9. The van der Waals surface area contributed by atoms with E-state index in [9.17, 15) is 19.5 Å². The summed E-state index contributed by atoms with van der Waals surface area (Å²) >= 11 is 6.29. The van der Waals surface area contributed by atoms with Crippen molar-refractivity contribution in [3.63, 3.8) is 0 Å². The van der Waals surface area contributed by atoms with Gasteiger partial charge in [0, 0.05) is 49.0 Å². The summed E-state index contributed by atoms with van der Waals surface area (Å²) in [6, 6.07) is 21.4. The van der Waals surface area contributed by atoms with Gasteiger partial charge >= 0.3 is 0 Å². The number of rotatable bonds is 14. The summed E-state index contributed by atoms with van der Waals surface area (Å²) in [6.07, 6.45) is 4.90. The number of nitrogens with two attached hydrogens (primary N) is 1. The maximum Gasteiger partial charge on any atom is 0.251 e. The van der Waals surface area contributed by atoms with Gasteiger partial charge in [-0.15, -0.1) is 0 Å². The third-order valence-corrected chi connectivity index (χ3v) is 7.30. The first-order chi connectivity index (χ1) is 22.0. The van der Waals surface area contributed by atoms with E-state index in [4.69, 9.17) is 22.1 Å². The van der Waals surface area contributed by atoms with Gasteiger partial charge in [-0.1, -0.05) is 67.4 Å². The molecule has 0 fully saturated rings. The number of carbonyl (C=O) groups excluding carboxylic acids is 3. The van der Waals surface area contributed by atoms with Gasteiger partial charge in [-0.3, -0.25) is 14.4 Å². The number of aliphatic hydroxyl groups is 1. The minimum absolute atomic E-state index is 0.0227. The van der Waals surface area contributed by atoms with Crippen LogP contribution in [0.3, 0.4) is 0 Å². The number of hydrogen-bond donors (Lipinski definition) is 3. The third kappa shape index (κ3) is 10.9. The van der Waals surface area contributed by atoms with Crippen molar-refractivity contribution >= 4 is 29.2 Å². The second-order valence-corrected chi connectivity index (χ2v) is 11.6. The van der Waals surface area contributed by atoms with E-state index in [0.717, 1.165) is 36.2 Å². The number of amides is 2. The highest BCUT2D eigenvalue weighted by atomic mass is 35.5. The number of aryl methyl sites for hydroxylation is 1. The topological polar surface area (TPSA) is 137 Å². The van der Waals surface area contributed by atoms with Crippen LogP contribution in [-0.4, -0.2) is 51.0 Å². The van der Waals surface area contributed by atoms with Gasteiger partial charge in [-0.25, -0.2) is 4.98 Å². The molecule has 0 bridgehead atoms. The van der Waals surface area contributed by atoms with Crippen LogP contribution in [-0.2, 0) is 13.0 Å². The van der Waals surface area contributed by atoms with Crippen LogP contribution in [0, 0.1) is 0 Å². The van der Waals surface area contributed by atoms with Crippen molar-refractivity contribution < 1.29 is 24.2 Å². The zero-order chi connectivity index (χ0) is 33.6. The number of aromatic nitrogens is 2. The first kappa shape index (κ1) is 36.0. The molecule has 0 saturated heterocycles. The number of ketones is 1. The van der Waals surface area contributed by atoms with E-state index in [0.29, 0.717) is 40.6 Å². The van der Waals surface area contributed by atoms with Crippen molar-refractivity contribution in [1.29, 1.82) is 0 Å². The van der Waals surface area contributed by atoms with Crippen molar-refractivity contribution in [2.75, 3.05) is 6.61 Å². The van der Waals surface area contributed by atoms with E-state index in [1.165, 1.54) is 6.92 Å². The Kier molecular flexibility index (Phi) is 14.0. The Morgan fingerprint density at radius 3 is 2.26 bits per heavy atom. The predicted octanol–water partition coefficient (Wildman–Crippen LogP) is 6.50. The maximum atomic E-state index is 12.9. The van der Waals surface area contributed by atoms with Crippen LogP contribution in [0.15, 0.2) is 79.0 Å². The van der Waals surface area contributed by atoms with Gasteiger partial charge in [0.05, 0.1) is 16.8 Å². The molecule has 9 nitrogen and oxygen atoms in total. The molecule has 0 radical (unpaired) electrons. The van der Waals surface area contributed by atoms with E-state index in [1.807, 2.05) is 54.9 Å². The fourth-order valence-corrected chi connectivity index (χ4v) is 4.90. The van der Waals surface area contributed by atoms with Gasteiger partial charge < -0.3 is 25.5 Å². The highest BCUT2D eigenvalue weighted by Gasteiger charge is 2.17. The number of aliphatic hydroxyl groups excluding tert-OH is 1. The molecule has 1 atom stereocenters. The number of unbranched alkanes of at least 4 members (excludes halogenated alkanes) is 1. The Bertz CT molecular complexity index is 1590. The molecule has 4 aromatic rings. The molecule has 244 valence electrons. The fourth-order valence-electron chi connectivity index (χ4n) is 4.67. The maximum absolute atomic E-state index is 12.9. The minimum Gasteiger partial charge on any atom is -0.489 e. The minimum atomic E-state index is -0.379. The molecular formula is C36H43ClN4O5. The Balaban J connectivity index is 0.000000549. The summed E-state index contributed by atoms with van der Waals surface area (Å²) in [7, 11) is 0. The van der Waals surface area contributed by atoms with Crippen molar-refractivity contribution in [1.82, 2.24) is 14.9 Å². The van der Waals surface area contributed by atoms with Gasteiger partial charge in [0.15, 0.2) is 11.6 Å². The predicted molar refractivity (Wildman–Crippen MR) is 181 cm³/mol. The Morgan fingerprint density at radius 1 is 1.02 bits per heavy atom. The number of halogens is 1. The van der Waals surface area contributed by atoms with Gasteiger partial charge in [0.25, 0.3) is 5.91 Å². The molecule has 0 saturated carbocycles. The Morgan fingerprint density at radius 2 is 1.72 bits per heavy atom. The lowest BCUT2D eigenvalue weighted by molar-refractivity contribution is 0.0928. The van der Waals surface area contributed by atoms with Crippen molar-refractivity contribution in [2.24, 2.45) is 5.73 Å². The van der Waals surface area contributed by atoms with Crippen LogP contribution in [0.2, 0.25) is 5.02 Å². The summed E-state index contributed by atoms with van der Waals surface area (Å²) in [4.78, 5) is 39.9. The second-order valence-electron chi connectivity index (χ2n) is 11.2. The van der Waals surface area contributed by atoms with E-state index in [-0.39, 0.29) is 36.4 Å². The third-order valence-electron chi connectivity index (χ3n) is 7.00. The highest BCUT2D eigenvalue weighted by molar-refractivity contribution is 6.32. The van der Waals surface area contributed by atoms with E-state index in [2.05, 4.69) is 17.2 Å². The lowest BCUT2D eigenvalue weighted by Crippen LogP contribution is -2.37. The standard InChI is InChI=1S/C29H36ClN3O4.C7H7NO/c1-5-6-14-33-18-26(32-28(33)20(4)35)22-9-7-21(8-10-22)16-24(13-15-34)31-29(36)23-11-12-27(25(30)17-23)37-19(2)3;8-7(9)6-4-2-1-3-5-6/h7-12,17-19,24,34H,5-6,13-16H2,1-4H3,(H,31,36);1-5H,(H2,8,9). The summed E-state index contributed by atoms with van der Waals surface area (Å²) in [5.41, 5.74) is 8.65. The molecule has 4 N–H and O–H groups in total. The summed E-state index contributed by atoms with van der Waals surface area (Å²) in [6.45, 7) is 8.18. The van der Waals surface area contributed by atoms with Gasteiger partial charge in [-0.05, 0) is 69.0 Å². The van der Waals surface area contributed by atoms with Gasteiger partial charge in [0.1, 0.15) is 5.75 Å². The fraction of sp³-hybridized carbons (Fsp3) is 0.333. The summed E-state index contributed by atoms with van der Waals surface area (Å²) < 4.78 is 7.56. The quantitative estimate of drug-likeness (QED) is 0.134. The number of imidazole rings is 1. The van der Waals surface area contributed by atoms with Crippen LogP contribution < -0.4 is 15.8 Å². The molecule has 0 aliphatic heterocycles. The van der Waals surface area contributed by atoms with E-state index >= 15 is 0 Å². The molecule has 0 aliphatic carbocycles. The number of nitrogens with zero attached hydrogens (tertiary/aromatic N) is 2. The monoisotopic (exact) mass is 646 g/mol. The number of Topliss-reactive ketones (excluding diaryl/α,β-unsaturated/α-hetero) is 1. The highest BCUT2D eigenvalue weighted by Crippen LogP contribution is 2.27.